The van der Waals surface area contributed by atoms with Gasteiger partial charge in [-0.25, -0.2) is 4.79 Å². The van der Waals surface area contributed by atoms with Gasteiger partial charge in [0.15, 0.2) is 24.0 Å². The highest BCUT2D eigenvalue weighted by Gasteiger charge is 2.27. The first-order valence-electron chi connectivity index (χ1n) is 10.0. The Morgan fingerprint density at radius 1 is 1.10 bits per heavy atom. The molecule has 0 aliphatic rings. The first kappa shape index (κ1) is 24.6. The summed E-state index contributed by atoms with van der Waals surface area (Å²) in [4.78, 5) is 53.2. The quantitative estimate of drug-likeness (QED) is 0.352. The molecule has 0 unspecified atom stereocenters. The third kappa shape index (κ3) is 5.73. The fourth-order valence-electron chi connectivity index (χ4n) is 3.14. The van der Waals surface area contributed by atoms with E-state index in [0.29, 0.717) is 33.0 Å². The van der Waals surface area contributed by atoms with E-state index < -0.39 is 16.6 Å². The van der Waals surface area contributed by atoms with Crippen molar-refractivity contribution in [2.45, 2.75) is 58.6 Å². The number of H-pyrrole nitrogens is 1. The van der Waals surface area contributed by atoms with Gasteiger partial charge in [-0.3, -0.25) is 14.4 Å². The minimum Gasteiger partial charge on any atom is -0.454 e. The normalized spacial score (nSPS) is 12.4. The van der Waals surface area contributed by atoms with Crippen LogP contribution in [0.1, 0.15) is 77.1 Å². The number of aryl methyl sites for hydroxylation is 1. The SMILES string of the molecule is CC(=O)c1c(C)[nH]c(C(=O)[C@H](C)Sc2ccccc2C(=O)OCC(=O)C(C)(C)C)c1C. The van der Waals surface area contributed by atoms with Crippen molar-refractivity contribution >= 4 is 35.1 Å². The van der Waals surface area contributed by atoms with Crippen molar-refractivity contribution in [1.82, 2.24) is 4.98 Å². The van der Waals surface area contributed by atoms with Gasteiger partial charge in [0.25, 0.3) is 0 Å². The summed E-state index contributed by atoms with van der Waals surface area (Å²) >= 11 is 1.23. The van der Waals surface area contributed by atoms with Crippen LogP contribution < -0.4 is 0 Å². The standard InChI is InChI=1S/C24H29NO5S/c1-13-20(15(3)26)14(2)25-21(13)22(28)16(4)31-18-11-9-8-10-17(18)23(29)30-12-19(27)24(5,6)7/h8-11,16,25H,12H2,1-7H3/t16-/m0/s1. The summed E-state index contributed by atoms with van der Waals surface area (Å²) in [6.45, 7) is 11.7. The Morgan fingerprint density at radius 3 is 2.26 bits per heavy atom. The molecule has 2 rings (SSSR count). The van der Waals surface area contributed by atoms with Crippen LogP contribution in [0.25, 0.3) is 0 Å². The molecule has 0 bridgehead atoms. The fourth-order valence-corrected chi connectivity index (χ4v) is 4.18. The topological polar surface area (TPSA) is 93.3 Å². The lowest BCUT2D eigenvalue weighted by Gasteiger charge is -2.17. The van der Waals surface area contributed by atoms with Crippen LogP contribution >= 0.6 is 11.8 Å². The summed E-state index contributed by atoms with van der Waals surface area (Å²) in [5, 5.41) is -0.512. The van der Waals surface area contributed by atoms with Gasteiger partial charge in [-0.2, -0.15) is 0 Å². The average Bonchev–Trinajstić information content (AvgIpc) is 2.98. The fraction of sp³-hybridized carbons (Fsp3) is 0.417. The molecule has 0 aliphatic heterocycles. The summed E-state index contributed by atoms with van der Waals surface area (Å²) in [6.07, 6.45) is 0. The van der Waals surface area contributed by atoms with Crippen LogP contribution in [0.5, 0.6) is 0 Å². The van der Waals surface area contributed by atoms with E-state index in [0.717, 1.165) is 0 Å². The molecule has 1 aromatic heterocycles. The Bertz CT molecular complexity index is 1030. The Kier molecular flexibility index (Phi) is 7.65. The smallest absolute Gasteiger partial charge is 0.339 e. The molecule has 31 heavy (non-hydrogen) atoms. The number of carbonyl (C=O) groups excluding carboxylic acids is 4. The van der Waals surface area contributed by atoms with Crippen LogP contribution in [-0.4, -0.2) is 40.2 Å². The molecule has 1 N–H and O–H groups in total. The predicted molar refractivity (Wildman–Crippen MR) is 121 cm³/mol. The van der Waals surface area contributed by atoms with Crippen molar-refractivity contribution in [3.05, 3.63) is 52.3 Å². The van der Waals surface area contributed by atoms with Crippen molar-refractivity contribution in [2.24, 2.45) is 5.41 Å². The molecule has 0 fully saturated rings. The number of carbonyl (C=O) groups is 4. The lowest BCUT2D eigenvalue weighted by Crippen LogP contribution is -2.26. The van der Waals surface area contributed by atoms with Gasteiger partial charge in [-0.1, -0.05) is 32.9 Å². The Labute approximate surface area is 187 Å². The van der Waals surface area contributed by atoms with Gasteiger partial charge >= 0.3 is 5.97 Å². The van der Waals surface area contributed by atoms with Crippen LogP contribution in [0.3, 0.4) is 0 Å². The molecule has 0 aliphatic carbocycles. The Balaban J connectivity index is 2.19. The van der Waals surface area contributed by atoms with E-state index in [2.05, 4.69) is 4.98 Å². The van der Waals surface area contributed by atoms with E-state index in [9.17, 15) is 19.2 Å². The molecule has 1 aromatic carbocycles. The van der Waals surface area contributed by atoms with E-state index in [1.54, 1.807) is 65.8 Å². The number of nitrogens with one attached hydrogen (secondary N) is 1. The molecule has 0 spiro atoms. The van der Waals surface area contributed by atoms with Crippen molar-refractivity contribution in [1.29, 1.82) is 0 Å². The number of hydrogen-bond acceptors (Lipinski definition) is 6. The molecule has 6 nitrogen and oxygen atoms in total. The van der Waals surface area contributed by atoms with E-state index >= 15 is 0 Å². The third-order valence-electron chi connectivity index (χ3n) is 4.99. The number of Topliss-reactive ketones (excluding diaryl/α,β-unsaturated/α-hetero) is 3. The van der Waals surface area contributed by atoms with Crippen molar-refractivity contribution < 1.29 is 23.9 Å². The van der Waals surface area contributed by atoms with Crippen LogP contribution in [0.2, 0.25) is 0 Å². The maximum atomic E-state index is 13.0. The Hall–Kier alpha value is -2.67. The highest BCUT2D eigenvalue weighted by Crippen LogP contribution is 2.31. The molecule has 0 saturated heterocycles. The lowest BCUT2D eigenvalue weighted by molar-refractivity contribution is -0.129. The van der Waals surface area contributed by atoms with Gasteiger partial charge in [0, 0.05) is 21.6 Å². The van der Waals surface area contributed by atoms with Crippen molar-refractivity contribution in [2.75, 3.05) is 6.61 Å². The summed E-state index contributed by atoms with van der Waals surface area (Å²) < 4.78 is 5.22. The molecular formula is C24H29NO5S. The van der Waals surface area contributed by atoms with E-state index in [1.165, 1.54) is 18.7 Å². The van der Waals surface area contributed by atoms with Gasteiger partial charge in [-0.05, 0) is 45.4 Å². The summed E-state index contributed by atoms with van der Waals surface area (Å²) in [6, 6.07) is 6.83. The molecule has 166 valence electrons. The first-order chi connectivity index (χ1) is 14.3. The maximum Gasteiger partial charge on any atom is 0.339 e. The molecule has 0 amide bonds. The molecule has 0 saturated carbocycles. The van der Waals surface area contributed by atoms with Gasteiger partial charge < -0.3 is 9.72 Å². The second-order valence-electron chi connectivity index (χ2n) is 8.55. The Morgan fingerprint density at radius 2 is 1.71 bits per heavy atom. The zero-order valence-corrected chi connectivity index (χ0v) is 19.9. The van der Waals surface area contributed by atoms with E-state index in [1.807, 2.05) is 0 Å². The predicted octanol–water partition coefficient (Wildman–Crippen LogP) is 4.97. The molecule has 0 radical (unpaired) electrons. The maximum absolute atomic E-state index is 13.0. The molecule has 1 atom stereocenters. The number of aromatic nitrogens is 1. The zero-order chi connectivity index (χ0) is 23.5. The molecule has 2 aromatic rings. The highest BCUT2D eigenvalue weighted by molar-refractivity contribution is 8.00. The zero-order valence-electron chi connectivity index (χ0n) is 19.0. The average molecular weight is 444 g/mol. The van der Waals surface area contributed by atoms with Gasteiger partial charge in [0.2, 0.25) is 0 Å². The number of aromatic amines is 1. The van der Waals surface area contributed by atoms with Gasteiger partial charge in [-0.15, -0.1) is 11.8 Å². The number of hydrogen-bond donors (Lipinski definition) is 1. The molecular weight excluding hydrogens is 414 g/mol. The second kappa shape index (κ2) is 9.64. The van der Waals surface area contributed by atoms with Crippen molar-refractivity contribution in [3.8, 4) is 0 Å². The van der Waals surface area contributed by atoms with Gasteiger partial charge in [0.1, 0.15) is 0 Å². The summed E-state index contributed by atoms with van der Waals surface area (Å²) in [5.41, 5.74) is 1.94. The number of esters is 1. The van der Waals surface area contributed by atoms with Crippen LogP contribution in [0.15, 0.2) is 29.2 Å². The minimum atomic E-state index is -0.605. The first-order valence-corrected chi connectivity index (χ1v) is 10.9. The number of ketones is 3. The number of benzene rings is 1. The largest absolute Gasteiger partial charge is 0.454 e. The third-order valence-corrected chi connectivity index (χ3v) is 6.16. The van der Waals surface area contributed by atoms with Crippen LogP contribution in [-0.2, 0) is 9.53 Å². The molecule has 7 heteroatoms. The number of rotatable bonds is 8. The number of ether oxygens (including phenoxy) is 1. The van der Waals surface area contributed by atoms with Crippen molar-refractivity contribution in [3.63, 3.8) is 0 Å². The monoisotopic (exact) mass is 443 g/mol. The minimum absolute atomic E-state index is 0.0940. The second-order valence-corrected chi connectivity index (χ2v) is 9.93. The number of thioether (sulfide) groups is 1. The highest BCUT2D eigenvalue weighted by atomic mass is 32.2. The summed E-state index contributed by atoms with van der Waals surface area (Å²) in [7, 11) is 0. The van der Waals surface area contributed by atoms with Gasteiger partial charge in [0.05, 0.1) is 16.5 Å². The lowest BCUT2D eigenvalue weighted by atomic mass is 9.91. The summed E-state index contributed by atoms with van der Waals surface area (Å²) in [5.74, 6) is -1.04. The van der Waals surface area contributed by atoms with E-state index in [4.69, 9.17) is 4.74 Å². The molecule has 1 heterocycles. The van der Waals surface area contributed by atoms with Crippen LogP contribution in [0, 0.1) is 19.3 Å². The van der Waals surface area contributed by atoms with Crippen LogP contribution in [0.4, 0.5) is 0 Å². The van der Waals surface area contributed by atoms with E-state index in [-0.39, 0.29) is 24.0 Å².